The van der Waals surface area contributed by atoms with Crippen LogP contribution in [0, 0.1) is 6.42 Å². The Bertz CT molecular complexity index is 581. The van der Waals surface area contributed by atoms with Crippen LogP contribution in [0.3, 0.4) is 0 Å². The van der Waals surface area contributed by atoms with Gasteiger partial charge in [-0.15, -0.1) is 11.3 Å². The minimum absolute atomic E-state index is 0.668. The van der Waals surface area contributed by atoms with Gasteiger partial charge in [0.1, 0.15) is 0 Å². The van der Waals surface area contributed by atoms with Crippen molar-refractivity contribution < 1.29 is 4.74 Å². The number of hydrogen-bond acceptors (Lipinski definition) is 3. The first-order chi connectivity index (χ1) is 13.2. The molecule has 0 saturated heterocycles. The lowest BCUT2D eigenvalue weighted by atomic mass is 10.0. The number of rotatable bonds is 16. The van der Waals surface area contributed by atoms with Gasteiger partial charge in [0.25, 0.3) is 0 Å². The Morgan fingerprint density at radius 1 is 0.889 bits per heavy atom. The van der Waals surface area contributed by atoms with E-state index in [4.69, 9.17) is 4.74 Å². The predicted octanol–water partition coefficient (Wildman–Crippen LogP) is 9.37. The average Bonchev–Trinajstić information content (AvgIpc) is 3.23. The fraction of sp³-hybridized carbons (Fsp3) is 0.708. The molecule has 2 aromatic rings. The molecular formula is C24H39OS2. The second-order valence-corrected chi connectivity index (χ2v) is 10.0. The molecule has 0 aliphatic heterocycles. The summed E-state index contributed by atoms with van der Waals surface area (Å²) >= 11 is 3.77. The molecule has 27 heavy (non-hydrogen) atoms. The first-order valence-corrected chi connectivity index (χ1v) is 12.8. The largest absolute Gasteiger partial charge is 0.484 e. The van der Waals surface area contributed by atoms with Crippen LogP contribution in [0.1, 0.15) is 109 Å². The van der Waals surface area contributed by atoms with E-state index in [-0.39, 0.29) is 0 Å². The van der Waals surface area contributed by atoms with E-state index in [0.717, 1.165) is 11.7 Å². The maximum Gasteiger partial charge on any atom is 0.175 e. The number of fused-ring (bicyclic) bond motifs is 1. The van der Waals surface area contributed by atoms with Crippen molar-refractivity contribution in [3.8, 4) is 5.06 Å². The van der Waals surface area contributed by atoms with Crippen molar-refractivity contribution in [2.75, 3.05) is 6.61 Å². The van der Waals surface area contributed by atoms with Gasteiger partial charge in [0.2, 0.25) is 0 Å². The summed E-state index contributed by atoms with van der Waals surface area (Å²) in [7, 11) is 0. The lowest BCUT2D eigenvalue weighted by molar-refractivity contribution is 0.313. The standard InChI is InChI=1S/C24H39OS2/c1-4-6-8-9-10-11-12-13-14-15-17-25-24-19-23-22(27-24)18-21(26-23)20(3)16-7-5-2/h5,18-20H,4,6-17H2,1-3H3. The Morgan fingerprint density at radius 3 is 2.15 bits per heavy atom. The summed E-state index contributed by atoms with van der Waals surface area (Å²) in [5, 5.41) is 1.10. The van der Waals surface area contributed by atoms with Crippen LogP contribution in [-0.4, -0.2) is 6.61 Å². The van der Waals surface area contributed by atoms with Crippen molar-refractivity contribution in [2.45, 2.75) is 104 Å². The summed E-state index contributed by atoms with van der Waals surface area (Å²) in [6.07, 6.45) is 18.5. The zero-order valence-corrected chi connectivity index (χ0v) is 19.4. The molecule has 0 aliphatic carbocycles. The molecule has 153 valence electrons. The van der Waals surface area contributed by atoms with Crippen molar-refractivity contribution in [3.05, 3.63) is 23.4 Å². The van der Waals surface area contributed by atoms with Crippen molar-refractivity contribution in [1.29, 1.82) is 0 Å². The highest BCUT2D eigenvalue weighted by atomic mass is 32.1. The fourth-order valence-electron chi connectivity index (χ4n) is 3.47. The van der Waals surface area contributed by atoms with Crippen LogP contribution in [0.15, 0.2) is 12.1 Å². The molecule has 0 aromatic carbocycles. The second-order valence-electron chi connectivity index (χ2n) is 7.86. The van der Waals surface area contributed by atoms with E-state index >= 15 is 0 Å². The SMILES string of the molecule is C[CH]CCC(C)c1cc2sc(OCCCCCCCCCCCC)cc2s1. The third-order valence-corrected chi connectivity index (χ3v) is 7.76. The van der Waals surface area contributed by atoms with Gasteiger partial charge < -0.3 is 4.74 Å². The molecule has 0 fully saturated rings. The molecule has 1 atom stereocenters. The number of ether oxygens (including phenoxy) is 1. The van der Waals surface area contributed by atoms with Crippen LogP contribution in [-0.2, 0) is 0 Å². The topological polar surface area (TPSA) is 9.23 Å². The average molecular weight is 408 g/mol. The molecule has 1 nitrogen and oxygen atoms in total. The lowest BCUT2D eigenvalue weighted by Gasteiger charge is -2.07. The molecule has 0 N–H and O–H groups in total. The summed E-state index contributed by atoms with van der Waals surface area (Å²) in [6, 6.07) is 4.64. The summed E-state index contributed by atoms with van der Waals surface area (Å²) in [5.41, 5.74) is 0. The first-order valence-electron chi connectivity index (χ1n) is 11.2. The molecular weight excluding hydrogens is 368 g/mol. The van der Waals surface area contributed by atoms with Crippen molar-refractivity contribution >= 4 is 32.1 Å². The van der Waals surface area contributed by atoms with Gasteiger partial charge in [0.15, 0.2) is 5.06 Å². The van der Waals surface area contributed by atoms with Crippen LogP contribution >= 0.6 is 22.7 Å². The van der Waals surface area contributed by atoms with Gasteiger partial charge >= 0.3 is 0 Å². The van der Waals surface area contributed by atoms with Crippen LogP contribution in [0.2, 0.25) is 0 Å². The van der Waals surface area contributed by atoms with Gasteiger partial charge in [0.05, 0.1) is 6.61 Å². The summed E-state index contributed by atoms with van der Waals surface area (Å²) < 4.78 is 8.81. The Labute approximate surface area is 175 Å². The summed E-state index contributed by atoms with van der Waals surface area (Å²) in [5.74, 6) is 0.668. The van der Waals surface area contributed by atoms with E-state index in [0.29, 0.717) is 5.92 Å². The van der Waals surface area contributed by atoms with E-state index in [1.165, 1.54) is 91.3 Å². The molecule has 3 heteroatoms. The third-order valence-electron chi connectivity index (χ3n) is 5.32. The van der Waals surface area contributed by atoms with Gasteiger partial charge in [0, 0.05) is 20.3 Å². The number of unbranched alkanes of at least 4 members (excludes halogenated alkanes) is 10. The smallest absolute Gasteiger partial charge is 0.175 e. The van der Waals surface area contributed by atoms with Gasteiger partial charge in [-0.25, -0.2) is 0 Å². The maximum atomic E-state index is 6.01. The van der Waals surface area contributed by atoms with Crippen molar-refractivity contribution in [1.82, 2.24) is 0 Å². The Balaban J connectivity index is 1.56. The Hall–Kier alpha value is -0.540. The Kier molecular flexibility index (Phi) is 11.5. The molecule has 0 bridgehead atoms. The molecule has 0 saturated carbocycles. The van der Waals surface area contributed by atoms with Crippen molar-refractivity contribution in [3.63, 3.8) is 0 Å². The van der Waals surface area contributed by atoms with E-state index in [2.05, 4.69) is 39.3 Å². The van der Waals surface area contributed by atoms with Crippen LogP contribution in [0.5, 0.6) is 5.06 Å². The lowest BCUT2D eigenvalue weighted by Crippen LogP contribution is -1.95. The van der Waals surface area contributed by atoms with E-state index in [1.54, 1.807) is 0 Å². The normalized spacial score (nSPS) is 12.7. The van der Waals surface area contributed by atoms with E-state index in [1.807, 2.05) is 22.7 Å². The minimum Gasteiger partial charge on any atom is -0.484 e. The highest BCUT2D eigenvalue weighted by molar-refractivity contribution is 7.28. The molecule has 0 aliphatic rings. The van der Waals surface area contributed by atoms with E-state index < -0.39 is 0 Å². The highest BCUT2D eigenvalue weighted by Gasteiger charge is 2.12. The molecule has 1 unspecified atom stereocenters. The van der Waals surface area contributed by atoms with Crippen molar-refractivity contribution in [2.24, 2.45) is 0 Å². The molecule has 2 aromatic heterocycles. The quantitative estimate of drug-likeness (QED) is 0.252. The number of hydrogen-bond donors (Lipinski definition) is 0. The summed E-state index contributed by atoms with van der Waals surface area (Å²) in [6.45, 7) is 7.66. The third kappa shape index (κ3) is 8.56. The monoisotopic (exact) mass is 407 g/mol. The zero-order chi connectivity index (χ0) is 19.3. The minimum atomic E-state index is 0.668. The molecule has 1 radical (unpaired) electrons. The Morgan fingerprint density at radius 2 is 1.52 bits per heavy atom. The van der Waals surface area contributed by atoms with Crippen LogP contribution < -0.4 is 4.74 Å². The molecule has 0 amide bonds. The van der Waals surface area contributed by atoms with E-state index in [9.17, 15) is 0 Å². The molecule has 2 rings (SSSR count). The van der Waals surface area contributed by atoms with Gasteiger partial charge in [-0.05, 0) is 37.7 Å². The first kappa shape index (κ1) is 22.7. The van der Waals surface area contributed by atoms with Gasteiger partial charge in [-0.2, -0.15) is 0 Å². The van der Waals surface area contributed by atoms with Gasteiger partial charge in [-0.3, -0.25) is 0 Å². The van der Waals surface area contributed by atoms with Crippen LogP contribution in [0.25, 0.3) is 9.40 Å². The molecule has 2 heterocycles. The second kappa shape index (κ2) is 13.6. The fourth-order valence-corrected chi connectivity index (χ4v) is 5.82. The van der Waals surface area contributed by atoms with Gasteiger partial charge in [-0.1, -0.05) is 89.9 Å². The van der Waals surface area contributed by atoms with Crippen LogP contribution in [0.4, 0.5) is 0 Å². The number of thiophene rings is 2. The highest BCUT2D eigenvalue weighted by Crippen LogP contribution is 2.40. The molecule has 0 spiro atoms. The predicted molar refractivity (Wildman–Crippen MR) is 125 cm³/mol. The maximum absolute atomic E-state index is 6.01. The zero-order valence-electron chi connectivity index (χ0n) is 17.7. The summed E-state index contributed by atoms with van der Waals surface area (Å²) in [4.78, 5) is 1.53.